The van der Waals surface area contributed by atoms with Gasteiger partial charge in [0.2, 0.25) is 5.91 Å². The van der Waals surface area contributed by atoms with Crippen LogP contribution >= 0.6 is 11.3 Å². The van der Waals surface area contributed by atoms with Crippen molar-refractivity contribution in [3.63, 3.8) is 0 Å². The van der Waals surface area contributed by atoms with Gasteiger partial charge in [-0.25, -0.2) is 13.4 Å². The molecule has 128 valence electrons. The molecule has 0 unspecified atom stereocenters. The SMILES string of the molecule is COc1ccc(S(=O)(=O)Nc2nc(C(=O)NCC(N)=O)cs2)cc1. The molecule has 11 heteroatoms. The Morgan fingerprint density at radius 3 is 2.54 bits per heavy atom. The van der Waals surface area contributed by atoms with E-state index in [2.05, 4.69) is 15.0 Å². The minimum Gasteiger partial charge on any atom is -0.497 e. The van der Waals surface area contributed by atoms with E-state index in [1.54, 1.807) is 0 Å². The van der Waals surface area contributed by atoms with Gasteiger partial charge < -0.3 is 15.8 Å². The van der Waals surface area contributed by atoms with Crippen molar-refractivity contribution in [2.24, 2.45) is 5.73 Å². The van der Waals surface area contributed by atoms with Crippen LogP contribution in [0.4, 0.5) is 5.13 Å². The number of hydrogen-bond donors (Lipinski definition) is 3. The van der Waals surface area contributed by atoms with Crippen molar-refractivity contribution in [2.75, 3.05) is 18.4 Å². The van der Waals surface area contributed by atoms with E-state index in [-0.39, 0.29) is 22.3 Å². The molecule has 2 rings (SSSR count). The smallest absolute Gasteiger partial charge is 0.271 e. The number of rotatable bonds is 7. The van der Waals surface area contributed by atoms with Crippen LogP contribution in [0, 0.1) is 0 Å². The van der Waals surface area contributed by atoms with Crippen LogP contribution in [0.2, 0.25) is 0 Å². The van der Waals surface area contributed by atoms with E-state index < -0.39 is 21.8 Å². The van der Waals surface area contributed by atoms with E-state index in [0.29, 0.717) is 5.75 Å². The maximum Gasteiger partial charge on any atom is 0.271 e. The normalized spacial score (nSPS) is 10.9. The number of ether oxygens (including phenoxy) is 1. The third-order valence-electron chi connectivity index (χ3n) is 2.75. The molecule has 0 fully saturated rings. The lowest BCUT2D eigenvalue weighted by atomic mass is 10.3. The number of carbonyl (C=O) groups is 2. The van der Waals surface area contributed by atoms with Gasteiger partial charge in [-0.05, 0) is 24.3 Å². The fourth-order valence-electron chi connectivity index (χ4n) is 1.61. The number of primary amides is 1. The number of thiazole rings is 1. The van der Waals surface area contributed by atoms with Crippen LogP contribution in [-0.4, -0.2) is 38.9 Å². The number of methoxy groups -OCH3 is 1. The Labute approximate surface area is 141 Å². The summed E-state index contributed by atoms with van der Waals surface area (Å²) in [6, 6.07) is 5.79. The number of nitrogens with two attached hydrogens (primary N) is 1. The van der Waals surface area contributed by atoms with Crippen molar-refractivity contribution < 1.29 is 22.7 Å². The lowest BCUT2D eigenvalue weighted by Crippen LogP contribution is -2.33. The second kappa shape index (κ2) is 7.27. The zero-order valence-electron chi connectivity index (χ0n) is 12.5. The summed E-state index contributed by atoms with van der Waals surface area (Å²) in [5, 5.41) is 3.64. The minimum atomic E-state index is -3.84. The first kappa shape index (κ1) is 17.7. The molecule has 4 N–H and O–H groups in total. The van der Waals surface area contributed by atoms with E-state index in [1.807, 2.05) is 0 Å². The van der Waals surface area contributed by atoms with Gasteiger partial charge in [-0.15, -0.1) is 11.3 Å². The zero-order chi connectivity index (χ0) is 17.7. The Balaban J connectivity index is 2.10. The highest BCUT2D eigenvalue weighted by molar-refractivity contribution is 7.93. The summed E-state index contributed by atoms with van der Waals surface area (Å²) < 4.78 is 31.7. The molecular formula is C13H14N4O5S2. The molecule has 2 aromatic rings. The van der Waals surface area contributed by atoms with Gasteiger partial charge in [0.05, 0.1) is 18.6 Å². The zero-order valence-corrected chi connectivity index (χ0v) is 14.1. The van der Waals surface area contributed by atoms with E-state index in [9.17, 15) is 18.0 Å². The molecule has 1 aromatic heterocycles. The Morgan fingerprint density at radius 1 is 1.29 bits per heavy atom. The molecule has 0 radical (unpaired) electrons. The van der Waals surface area contributed by atoms with Crippen LogP contribution in [0.3, 0.4) is 0 Å². The van der Waals surface area contributed by atoms with E-state index in [1.165, 1.54) is 36.8 Å². The monoisotopic (exact) mass is 370 g/mol. The Hall–Kier alpha value is -2.66. The number of sulfonamides is 1. The van der Waals surface area contributed by atoms with Crippen LogP contribution in [0.15, 0.2) is 34.5 Å². The predicted octanol–water partition coefficient (Wildman–Crippen LogP) is 0.168. The number of nitrogens with one attached hydrogen (secondary N) is 2. The van der Waals surface area contributed by atoms with Gasteiger partial charge >= 0.3 is 0 Å². The summed E-state index contributed by atoms with van der Waals surface area (Å²) in [5.74, 6) is -0.796. The summed E-state index contributed by atoms with van der Waals surface area (Å²) in [6.45, 7) is -0.330. The molecule has 0 atom stereocenters. The predicted molar refractivity (Wildman–Crippen MR) is 87.4 cm³/mol. The molecule has 0 saturated carbocycles. The average molecular weight is 370 g/mol. The number of aromatic nitrogens is 1. The van der Waals surface area contributed by atoms with Gasteiger partial charge in [0.25, 0.3) is 15.9 Å². The van der Waals surface area contributed by atoms with Gasteiger partial charge in [-0.3, -0.25) is 14.3 Å². The number of carbonyl (C=O) groups excluding carboxylic acids is 2. The maximum atomic E-state index is 12.2. The summed E-state index contributed by atoms with van der Waals surface area (Å²) in [6.07, 6.45) is 0. The standard InChI is InChI=1S/C13H14N4O5S2/c1-22-8-2-4-9(5-3-8)24(20,21)17-13-16-10(7-23-13)12(19)15-6-11(14)18/h2-5,7H,6H2,1H3,(H2,14,18)(H,15,19)(H,16,17). The molecule has 0 bridgehead atoms. The van der Waals surface area contributed by atoms with Crippen LogP contribution in [0.1, 0.15) is 10.5 Å². The minimum absolute atomic E-state index is 0.0197. The lowest BCUT2D eigenvalue weighted by Gasteiger charge is -2.06. The topological polar surface area (TPSA) is 140 Å². The summed E-state index contributed by atoms with van der Waals surface area (Å²) in [4.78, 5) is 26.2. The first-order chi connectivity index (χ1) is 11.3. The summed E-state index contributed by atoms with van der Waals surface area (Å²) in [7, 11) is -2.37. The number of anilines is 1. The Bertz CT molecular complexity index is 846. The fourth-order valence-corrected chi connectivity index (χ4v) is 3.56. The second-order valence-corrected chi connectivity index (χ2v) is 7.01. The lowest BCUT2D eigenvalue weighted by molar-refractivity contribution is -0.117. The molecule has 0 spiro atoms. The van der Waals surface area contributed by atoms with Crippen molar-refractivity contribution in [3.8, 4) is 5.75 Å². The van der Waals surface area contributed by atoms with Gasteiger partial charge in [0.15, 0.2) is 5.13 Å². The van der Waals surface area contributed by atoms with Gasteiger partial charge in [-0.1, -0.05) is 0 Å². The van der Waals surface area contributed by atoms with Crippen molar-refractivity contribution in [1.82, 2.24) is 10.3 Å². The molecule has 9 nitrogen and oxygen atoms in total. The number of benzene rings is 1. The molecule has 0 aliphatic heterocycles. The largest absolute Gasteiger partial charge is 0.497 e. The molecular weight excluding hydrogens is 356 g/mol. The highest BCUT2D eigenvalue weighted by Gasteiger charge is 2.18. The Kier molecular flexibility index (Phi) is 5.36. The fraction of sp³-hybridized carbons (Fsp3) is 0.154. The van der Waals surface area contributed by atoms with Crippen LogP contribution in [0.5, 0.6) is 5.75 Å². The Morgan fingerprint density at radius 2 is 1.96 bits per heavy atom. The first-order valence-corrected chi connectivity index (χ1v) is 8.87. The maximum absolute atomic E-state index is 12.2. The average Bonchev–Trinajstić information content (AvgIpc) is 3.00. The van der Waals surface area contributed by atoms with Crippen LogP contribution < -0.4 is 20.5 Å². The van der Waals surface area contributed by atoms with Gasteiger partial charge in [0, 0.05) is 5.38 Å². The third-order valence-corrected chi connectivity index (χ3v) is 4.99. The molecule has 24 heavy (non-hydrogen) atoms. The number of nitrogens with zero attached hydrogens (tertiary/aromatic N) is 1. The molecule has 0 aliphatic carbocycles. The first-order valence-electron chi connectivity index (χ1n) is 6.51. The highest BCUT2D eigenvalue weighted by Crippen LogP contribution is 2.21. The van der Waals surface area contributed by atoms with Crippen molar-refractivity contribution in [3.05, 3.63) is 35.3 Å². The van der Waals surface area contributed by atoms with E-state index in [4.69, 9.17) is 10.5 Å². The van der Waals surface area contributed by atoms with E-state index >= 15 is 0 Å². The summed E-state index contributed by atoms with van der Waals surface area (Å²) in [5.41, 5.74) is 4.90. The van der Waals surface area contributed by atoms with Crippen molar-refractivity contribution in [2.45, 2.75) is 4.90 Å². The molecule has 0 saturated heterocycles. The van der Waals surface area contributed by atoms with Gasteiger partial charge in [0.1, 0.15) is 11.4 Å². The molecule has 0 aliphatic rings. The highest BCUT2D eigenvalue weighted by atomic mass is 32.2. The van der Waals surface area contributed by atoms with Crippen molar-refractivity contribution >= 4 is 38.3 Å². The molecule has 1 heterocycles. The number of amides is 2. The number of hydrogen-bond acceptors (Lipinski definition) is 7. The van der Waals surface area contributed by atoms with Gasteiger partial charge in [-0.2, -0.15) is 0 Å². The van der Waals surface area contributed by atoms with E-state index in [0.717, 1.165) is 11.3 Å². The van der Waals surface area contributed by atoms with Crippen molar-refractivity contribution in [1.29, 1.82) is 0 Å². The third kappa shape index (κ3) is 4.43. The molecule has 2 amide bonds. The van der Waals surface area contributed by atoms with Crippen LogP contribution in [-0.2, 0) is 14.8 Å². The second-order valence-electron chi connectivity index (χ2n) is 4.47. The quantitative estimate of drug-likeness (QED) is 0.634. The van der Waals surface area contributed by atoms with Crippen LogP contribution in [0.25, 0.3) is 0 Å². The summed E-state index contributed by atoms with van der Waals surface area (Å²) >= 11 is 0.938. The molecule has 1 aromatic carbocycles.